The molecular formula is C18H13N3O2. The molecule has 1 N–H and O–H groups in total. The Morgan fingerprint density at radius 1 is 1.04 bits per heavy atom. The molecule has 3 aromatic heterocycles. The summed E-state index contributed by atoms with van der Waals surface area (Å²) < 4.78 is 7.67. The molecule has 3 heterocycles. The lowest BCUT2D eigenvalue weighted by atomic mass is 10.2. The maximum Gasteiger partial charge on any atom is 0.140 e. The van der Waals surface area contributed by atoms with Crippen LogP contribution in [0.4, 0.5) is 0 Å². The number of rotatable bonds is 3. The fourth-order valence-electron chi connectivity index (χ4n) is 2.54. The molecule has 0 aliphatic heterocycles. The number of nitrogens with zero attached hydrogens (tertiary/aromatic N) is 3. The molecule has 4 aromatic rings. The van der Waals surface area contributed by atoms with E-state index in [4.69, 9.17) is 4.74 Å². The first-order chi connectivity index (χ1) is 11.2. The number of aromatic nitrogens is 3. The SMILES string of the molecule is C=C(O)c1cc(Oc2ccc3ccncc3c2)cc2nccn12. The minimum atomic E-state index is -0.0406. The average molecular weight is 303 g/mol. The van der Waals surface area contributed by atoms with Crippen LogP contribution in [0.1, 0.15) is 5.69 Å². The number of hydrogen-bond donors (Lipinski definition) is 1. The van der Waals surface area contributed by atoms with E-state index in [1.165, 1.54) is 0 Å². The number of aliphatic hydroxyl groups excluding tert-OH is 1. The second-order valence-electron chi connectivity index (χ2n) is 5.17. The molecule has 0 aliphatic carbocycles. The van der Waals surface area contributed by atoms with Crippen molar-refractivity contribution >= 4 is 22.2 Å². The van der Waals surface area contributed by atoms with Crippen LogP contribution in [0.5, 0.6) is 11.5 Å². The largest absolute Gasteiger partial charge is 0.506 e. The third kappa shape index (κ3) is 2.38. The van der Waals surface area contributed by atoms with Crippen LogP contribution in [0.25, 0.3) is 22.2 Å². The highest BCUT2D eigenvalue weighted by molar-refractivity contribution is 5.82. The third-order valence-corrected chi connectivity index (χ3v) is 3.62. The molecule has 0 saturated carbocycles. The van der Waals surface area contributed by atoms with E-state index in [9.17, 15) is 5.11 Å². The fraction of sp³-hybridized carbons (Fsp3) is 0. The van der Waals surface area contributed by atoms with Crippen LogP contribution >= 0.6 is 0 Å². The molecule has 112 valence electrons. The molecule has 0 unspecified atom stereocenters. The molecule has 4 rings (SSSR count). The van der Waals surface area contributed by atoms with Crippen molar-refractivity contribution in [3.8, 4) is 11.5 Å². The smallest absolute Gasteiger partial charge is 0.140 e. The van der Waals surface area contributed by atoms with Crippen molar-refractivity contribution in [2.45, 2.75) is 0 Å². The van der Waals surface area contributed by atoms with E-state index in [-0.39, 0.29) is 5.76 Å². The lowest BCUT2D eigenvalue weighted by Crippen LogP contribution is -1.96. The molecule has 5 heteroatoms. The first-order valence-electron chi connectivity index (χ1n) is 7.08. The lowest BCUT2D eigenvalue weighted by Gasteiger charge is -2.10. The summed E-state index contributed by atoms with van der Waals surface area (Å²) in [7, 11) is 0. The van der Waals surface area contributed by atoms with Gasteiger partial charge < -0.3 is 9.84 Å². The Morgan fingerprint density at radius 3 is 2.83 bits per heavy atom. The minimum absolute atomic E-state index is 0.0406. The summed E-state index contributed by atoms with van der Waals surface area (Å²) in [6.07, 6.45) is 6.97. The van der Waals surface area contributed by atoms with Gasteiger partial charge in [-0.25, -0.2) is 4.98 Å². The van der Waals surface area contributed by atoms with Crippen molar-refractivity contribution in [2.24, 2.45) is 0 Å². The zero-order chi connectivity index (χ0) is 15.8. The summed E-state index contributed by atoms with van der Waals surface area (Å²) >= 11 is 0. The Bertz CT molecular complexity index is 1040. The number of hydrogen-bond acceptors (Lipinski definition) is 4. The highest BCUT2D eigenvalue weighted by atomic mass is 16.5. The predicted molar refractivity (Wildman–Crippen MR) is 88.7 cm³/mol. The normalized spacial score (nSPS) is 11.0. The number of imidazole rings is 1. The molecule has 0 fully saturated rings. The van der Waals surface area contributed by atoms with Gasteiger partial charge in [-0.2, -0.15) is 0 Å². The zero-order valence-electron chi connectivity index (χ0n) is 12.2. The molecule has 0 spiro atoms. The number of fused-ring (bicyclic) bond motifs is 2. The van der Waals surface area contributed by atoms with Crippen LogP contribution < -0.4 is 4.74 Å². The van der Waals surface area contributed by atoms with Crippen LogP contribution in [-0.4, -0.2) is 19.5 Å². The van der Waals surface area contributed by atoms with E-state index in [0.717, 1.165) is 10.8 Å². The average Bonchev–Trinajstić information content (AvgIpc) is 3.02. The molecule has 0 atom stereocenters. The fourth-order valence-corrected chi connectivity index (χ4v) is 2.54. The van der Waals surface area contributed by atoms with Crippen LogP contribution in [0.2, 0.25) is 0 Å². The van der Waals surface area contributed by atoms with Gasteiger partial charge in [-0.3, -0.25) is 9.38 Å². The van der Waals surface area contributed by atoms with Crippen molar-refractivity contribution in [1.82, 2.24) is 14.4 Å². The monoisotopic (exact) mass is 303 g/mol. The van der Waals surface area contributed by atoms with Gasteiger partial charge in [-0.1, -0.05) is 12.6 Å². The molecule has 0 radical (unpaired) electrons. The molecule has 0 bridgehead atoms. The molecule has 5 nitrogen and oxygen atoms in total. The van der Waals surface area contributed by atoms with Crippen molar-refractivity contribution in [3.63, 3.8) is 0 Å². The van der Waals surface area contributed by atoms with Crippen LogP contribution in [0.3, 0.4) is 0 Å². The lowest BCUT2D eigenvalue weighted by molar-refractivity contribution is 0.479. The summed E-state index contributed by atoms with van der Waals surface area (Å²) in [5, 5.41) is 11.9. The van der Waals surface area contributed by atoms with Gasteiger partial charge in [0.2, 0.25) is 0 Å². The van der Waals surface area contributed by atoms with E-state index >= 15 is 0 Å². The number of ether oxygens (including phenoxy) is 1. The summed E-state index contributed by atoms with van der Waals surface area (Å²) in [5.41, 5.74) is 1.22. The van der Waals surface area contributed by atoms with Crippen LogP contribution in [-0.2, 0) is 0 Å². The number of aliphatic hydroxyl groups is 1. The quantitative estimate of drug-likeness (QED) is 0.576. The van der Waals surface area contributed by atoms with Crippen molar-refractivity contribution in [3.05, 3.63) is 73.5 Å². The van der Waals surface area contributed by atoms with E-state index < -0.39 is 0 Å². The van der Waals surface area contributed by atoms with Gasteiger partial charge in [0.25, 0.3) is 0 Å². The topological polar surface area (TPSA) is 59.7 Å². The van der Waals surface area contributed by atoms with E-state index in [2.05, 4.69) is 16.5 Å². The van der Waals surface area contributed by atoms with E-state index in [1.54, 1.807) is 41.3 Å². The molecular weight excluding hydrogens is 290 g/mol. The Hall–Kier alpha value is -3.34. The van der Waals surface area contributed by atoms with Gasteiger partial charge in [0.15, 0.2) is 0 Å². The second-order valence-corrected chi connectivity index (χ2v) is 5.17. The van der Waals surface area contributed by atoms with Gasteiger partial charge in [0.1, 0.15) is 22.9 Å². The van der Waals surface area contributed by atoms with Crippen LogP contribution in [0.15, 0.2) is 67.8 Å². The Labute approximate surface area is 132 Å². The summed E-state index contributed by atoms with van der Waals surface area (Å²) in [5.74, 6) is 1.23. The second kappa shape index (κ2) is 5.14. The van der Waals surface area contributed by atoms with Crippen molar-refractivity contribution in [2.75, 3.05) is 0 Å². The maximum atomic E-state index is 9.77. The van der Waals surface area contributed by atoms with Gasteiger partial charge in [-0.05, 0) is 23.6 Å². The van der Waals surface area contributed by atoms with Crippen LogP contribution in [0, 0.1) is 0 Å². The Morgan fingerprint density at radius 2 is 1.96 bits per heavy atom. The van der Waals surface area contributed by atoms with Gasteiger partial charge >= 0.3 is 0 Å². The number of benzene rings is 1. The molecule has 0 amide bonds. The molecule has 0 aliphatic rings. The Balaban J connectivity index is 1.77. The zero-order valence-corrected chi connectivity index (χ0v) is 12.2. The first-order valence-corrected chi connectivity index (χ1v) is 7.08. The highest BCUT2D eigenvalue weighted by Gasteiger charge is 2.09. The van der Waals surface area contributed by atoms with Gasteiger partial charge in [-0.15, -0.1) is 0 Å². The molecule has 1 aromatic carbocycles. The molecule has 0 saturated heterocycles. The van der Waals surface area contributed by atoms with Crippen molar-refractivity contribution in [1.29, 1.82) is 0 Å². The van der Waals surface area contributed by atoms with E-state index in [1.807, 2.05) is 24.3 Å². The van der Waals surface area contributed by atoms with Crippen molar-refractivity contribution < 1.29 is 9.84 Å². The number of pyridine rings is 2. The van der Waals surface area contributed by atoms with Gasteiger partial charge in [0.05, 0.1) is 5.69 Å². The standard InChI is InChI=1S/C18H13N3O2/c1-12(22)17-9-16(10-18-20-6-7-21(17)18)23-15-3-2-13-4-5-19-11-14(13)8-15/h2-11,22H,1H2. The Kier molecular flexibility index (Phi) is 2.98. The predicted octanol–water partition coefficient (Wildman–Crippen LogP) is 4.20. The minimum Gasteiger partial charge on any atom is -0.506 e. The van der Waals surface area contributed by atoms with E-state index in [0.29, 0.717) is 22.8 Å². The first kappa shape index (κ1) is 13.3. The maximum absolute atomic E-state index is 9.77. The summed E-state index contributed by atoms with van der Waals surface area (Å²) in [4.78, 5) is 8.35. The molecule has 23 heavy (non-hydrogen) atoms. The summed E-state index contributed by atoms with van der Waals surface area (Å²) in [6, 6.07) is 11.3. The summed E-state index contributed by atoms with van der Waals surface area (Å²) in [6.45, 7) is 3.59. The highest BCUT2D eigenvalue weighted by Crippen LogP contribution is 2.28. The third-order valence-electron chi connectivity index (χ3n) is 3.62. The van der Waals surface area contributed by atoms with Gasteiger partial charge in [0, 0.05) is 42.3 Å².